The Labute approximate surface area is 102 Å². The number of hydrogen-bond donors (Lipinski definition) is 2. The maximum absolute atomic E-state index is 12.1. The molecule has 1 aromatic carbocycles. The highest BCUT2D eigenvalue weighted by Crippen LogP contribution is 2.19. The lowest BCUT2D eigenvalue weighted by molar-refractivity contribution is 0.170. The second kappa shape index (κ2) is 4.66. The monoisotopic (exact) mass is 250 g/mol. The fourth-order valence-corrected chi connectivity index (χ4v) is 1.85. The highest BCUT2D eigenvalue weighted by Gasteiger charge is 2.11. The number of H-pyrrole nitrogens is 1. The third-order valence-corrected chi connectivity index (χ3v) is 2.65. The minimum Gasteiger partial charge on any atom is -0.495 e. The SMILES string of the molecule is COc1cccc2c(=O)n(CC(C)O)c(=O)[nH]c12. The van der Waals surface area contributed by atoms with E-state index in [0.717, 1.165) is 4.57 Å². The first-order valence-electron chi connectivity index (χ1n) is 5.52. The van der Waals surface area contributed by atoms with Gasteiger partial charge in [-0.2, -0.15) is 0 Å². The second-order valence-electron chi connectivity index (χ2n) is 4.08. The first-order chi connectivity index (χ1) is 8.54. The Bertz CT molecular complexity index is 685. The van der Waals surface area contributed by atoms with Gasteiger partial charge in [0.1, 0.15) is 5.75 Å². The van der Waals surface area contributed by atoms with Gasteiger partial charge in [0.15, 0.2) is 0 Å². The van der Waals surface area contributed by atoms with Crippen LogP contribution in [-0.4, -0.2) is 27.9 Å². The molecule has 0 bridgehead atoms. The predicted octanol–water partition coefficient (Wildman–Crippen LogP) is 0.0792. The zero-order valence-corrected chi connectivity index (χ0v) is 10.1. The molecule has 0 aliphatic rings. The van der Waals surface area contributed by atoms with Crippen molar-refractivity contribution in [1.82, 2.24) is 9.55 Å². The third kappa shape index (κ3) is 2.02. The molecule has 0 aliphatic carbocycles. The summed E-state index contributed by atoms with van der Waals surface area (Å²) in [5.41, 5.74) is -0.622. The highest BCUT2D eigenvalue weighted by atomic mass is 16.5. The highest BCUT2D eigenvalue weighted by molar-refractivity contribution is 5.83. The molecule has 6 nitrogen and oxygen atoms in total. The van der Waals surface area contributed by atoms with Crippen molar-refractivity contribution in [3.05, 3.63) is 39.0 Å². The molecule has 1 atom stereocenters. The van der Waals surface area contributed by atoms with Crippen LogP contribution in [0, 0.1) is 0 Å². The van der Waals surface area contributed by atoms with Gasteiger partial charge in [0.05, 0.1) is 30.7 Å². The molecule has 2 aromatic rings. The fraction of sp³-hybridized carbons (Fsp3) is 0.333. The quantitative estimate of drug-likeness (QED) is 0.808. The molecule has 1 heterocycles. The van der Waals surface area contributed by atoms with Gasteiger partial charge in [0.2, 0.25) is 0 Å². The van der Waals surface area contributed by atoms with Crippen molar-refractivity contribution in [1.29, 1.82) is 0 Å². The Balaban J connectivity index is 2.80. The number of hydrogen-bond acceptors (Lipinski definition) is 4. The van der Waals surface area contributed by atoms with Gasteiger partial charge < -0.3 is 14.8 Å². The molecule has 96 valence electrons. The van der Waals surface area contributed by atoms with Crippen molar-refractivity contribution in [3.63, 3.8) is 0 Å². The molecular weight excluding hydrogens is 236 g/mol. The third-order valence-electron chi connectivity index (χ3n) is 2.65. The average molecular weight is 250 g/mol. The Morgan fingerprint density at radius 2 is 2.17 bits per heavy atom. The number of para-hydroxylation sites is 1. The lowest BCUT2D eigenvalue weighted by atomic mass is 10.2. The van der Waals surface area contributed by atoms with Crippen molar-refractivity contribution in [2.24, 2.45) is 0 Å². The lowest BCUT2D eigenvalue weighted by Crippen LogP contribution is -2.37. The van der Waals surface area contributed by atoms with Gasteiger partial charge >= 0.3 is 5.69 Å². The smallest absolute Gasteiger partial charge is 0.329 e. The van der Waals surface area contributed by atoms with Gasteiger partial charge in [-0.15, -0.1) is 0 Å². The number of aliphatic hydroxyl groups is 1. The molecule has 0 saturated heterocycles. The van der Waals surface area contributed by atoms with Gasteiger partial charge in [-0.3, -0.25) is 9.36 Å². The summed E-state index contributed by atoms with van der Waals surface area (Å²) in [7, 11) is 1.47. The van der Waals surface area contributed by atoms with E-state index >= 15 is 0 Å². The van der Waals surface area contributed by atoms with Crippen LogP contribution in [0.15, 0.2) is 27.8 Å². The van der Waals surface area contributed by atoms with E-state index in [9.17, 15) is 14.7 Å². The van der Waals surface area contributed by atoms with Crippen LogP contribution in [0.5, 0.6) is 5.75 Å². The van der Waals surface area contributed by atoms with E-state index in [1.807, 2.05) is 0 Å². The van der Waals surface area contributed by atoms with E-state index < -0.39 is 17.4 Å². The molecule has 0 spiro atoms. The number of aromatic amines is 1. The Morgan fingerprint density at radius 3 is 2.78 bits per heavy atom. The molecule has 2 rings (SSSR count). The van der Waals surface area contributed by atoms with Crippen molar-refractivity contribution < 1.29 is 9.84 Å². The molecule has 0 fully saturated rings. The summed E-state index contributed by atoms with van der Waals surface area (Å²) >= 11 is 0. The molecule has 0 radical (unpaired) electrons. The van der Waals surface area contributed by atoms with Crippen LogP contribution in [0.1, 0.15) is 6.92 Å². The Kier molecular flexibility index (Phi) is 3.20. The Morgan fingerprint density at radius 1 is 1.44 bits per heavy atom. The topological polar surface area (TPSA) is 84.3 Å². The first-order valence-corrected chi connectivity index (χ1v) is 5.52. The van der Waals surface area contributed by atoms with E-state index in [4.69, 9.17) is 4.74 Å². The summed E-state index contributed by atoms with van der Waals surface area (Å²) in [5, 5.41) is 9.65. The number of aliphatic hydroxyl groups excluding tert-OH is 1. The fourth-order valence-electron chi connectivity index (χ4n) is 1.85. The number of ether oxygens (including phenoxy) is 1. The molecule has 0 amide bonds. The molecule has 0 aliphatic heterocycles. The normalized spacial score (nSPS) is 12.6. The maximum Gasteiger partial charge on any atom is 0.329 e. The molecule has 6 heteroatoms. The Hall–Kier alpha value is -2.08. The molecule has 2 N–H and O–H groups in total. The van der Waals surface area contributed by atoms with Crippen molar-refractivity contribution >= 4 is 10.9 Å². The van der Waals surface area contributed by atoms with Crippen LogP contribution in [-0.2, 0) is 6.54 Å². The van der Waals surface area contributed by atoms with Crippen LogP contribution < -0.4 is 16.0 Å². The summed E-state index contributed by atoms with van der Waals surface area (Å²) in [4.78, 5) is 26.5. The largest absolute Gasteiger partial charge is 0.495 e. The minimum atomic E-state index is -0.771. The van der Waals surface area contributed by atoms with Gasteiger partial charge in [-0.1, -0.05) is 6.07 Å². The molecule has 1 aromatic heterocycles. The summed E-state index contributed by atoms with van der Waals surface area (Å²) in [6, 6.07) is 4.94. The number of benzene rings is 1. The van der Waals surface area contributed by atoms with Gasteiger partial charge in [-0.05, 0) is 19.1 Å². The average Bonchev–Trinajstić information content (AvgIpc) is 2.33. The van der Waals surface area contributed by atoms with E-state index in [1.54, 1.807) is 18.2 Å². The van der Waals surface area contributed by atoms with Crippen LogP contribution in [0.2, 0.25) is 0 Å². The second-order valence-corrected chi connectivity index (χ2v) is 4.08. The maximum atomic E-state index is 12.1. The number of aromatic nitrogens is 2. The molecule has 18 heavy (non-hydrogen) atoms. The zero-order chi connectivity index (χ0) is 13.3. The summed E-state index contributed by atoms with van der Waals surface area (Å²) < 4.78 is 6.07. The first kappa shape index (κ1) is 12.4. The summed E-state index contributed by atoms with van der Waals surface area (Å²) in [6.07, 6.45) is -0.771. The molecular formula is C12H14N2O4. The van der Waals surface area contributed by atoms with Crippen LogP contribution in [0.3, 0.4) is 0 Å². The van der Waals surface area contributed by atoms with Crippen LogP contribution >= 0.6 is 0 Å². The molecule has 1 unspecified atom stereocenters. The summed E-state index contributed by atoms with van der Waals surface area (Å²) in [5.74, 6) is 0.436. The number of rotatable bonds is 3. The van der Waals surface area contributed by atoms with Gasteiger partial charge in [0, 0.05) is 0 Å². The van der Waals surface area contributed by atoms with Gasteiger partial charge in [0.25, 0.3) is 5.56 Å². The standard InChI is InChI=1S/C12H14N2O4/c1-7(15)6-14-11(16)8-4-3-5-9(18-2)10(8)13-12(14)17/h3-5,7,15H,6H2,1-2H3,(H,13,17). The minimum absolute atomic E-state index is 0.0404. The van der Waals surface area contributed by atoms with E-state index in [-0.39, 0.29) is 6.54 Å². The number of nitrogens with zero attached hydrogens (tertiary/aromatic N) is 1. The lowest BCUT2D eigenvalue weighted by Gasteiger charge is -2.09. The van der Waals surface area contributed by atoms with Crippen molar-refractivity contribution in [2.75, 3.05) is 7.11 Å². The van der Waals surface area contributed by atoms with E-state index in [2.05, 4.69) is 4.98 Å². The summed E-state index contributed by atoms with van der Waals surface area (Å²) in [6.45, 7) is 1.48. The van der Waals surface area contributed by atoms with Crippen LogP contribution in [0.25, 0.3) is 10.9 Å². The van der Waals surface area contributed by atoms with Gasteiger partial charge in [-0.25, -0.2) is 4.79 Å². The van der Waals surface area contributed by atoms with Crippen molar-refractivity contribution in [2.45, 2.75) is 19.6 Å². The number of methoxy groups -OCH3 is 1. The van der Waals surface area contributed by atoms with Crippen molar-refractivity contribution in [3.8, 4) is 5.75 Å². The molecule has 0 saturated carbocycles. The zero-order valence-electron chi connectivity index (χ0n) is 10.1. The van der Waals surface area contributed by atoms with Crippen LogP contribution in [0.4, 0.5) is 0 Å². The van der Waals surface area contributed by atoms with E-state index in [0.29, 0.717) is 16.7 Å². The van der Waals surface area contributed by atoms with E-state index in [1.165, 1.54) is 14.0 Å². The number of fused-ring (bicyclic) bond motifs is 1. The number of nitrogens with one attached hydrogen (secondary N) is 1. The predicted molar refractivity (Wildman–Crippen MR) is 67.1 cm³/mol.